The van der Waals surface area contributed by atoms with Gasteiger partial charge in [0.1, 0.15) is 6.33 Å². The Morgan fingerprint density at radius 3 is 2.78 bits per heavy atom. The first-order chi connectivity index (χ1) is 15.8. The van der Waals surface area contributed by atoms with Crippen LogP contribution in [0.5, 0.6) is 0 Å². The predicted molar refractivity (Wildman–Crippen MR) is 124 cm³/mol. The lowest BCUT2D eigenvalue weighted by Crippen LogP contribution is -2.32. The van der Waals surface area contributed by atoms with E-state index in [-0.39, 0.29) is 5.91 Å². The van der Waals surface area contributed by atoms with Gasteiger partial charge in [-0.15, -0.1) is 0 Å². The lowest BCUT2D eigenvalue weighted by Gasteiger charge is -2.21. The maximum absolute atomic E-state index is 13.2. The largest absolute Gasteiger partial charge is 0.339 e. The van der Waals surface area contributed by atoms with E-state index in [4.69, 9.17) is 0 Å². The Labute approximate surface area is 187 Å². The van der Waals surface area contributed by atoms with Gasteiger partial charge in [0, 0.05) is 60.6 Å². The first kappa shape index (κ1) is 20.2. The van der Waals surface area contributed by atoms with E-state index in [0.29, 0.717) is 17.2 Å². The highest BCUT2D eigenvalue weighted by Gasteiger charge is 2.22. The monoisotopic (exact) mass is 423 g/mol. The fourth-order valence-corrected chi connectivity index (χ4v) is 4.57. The van der Waals surface area contributed by atoms with E-state index in [0.717, 1.165) is 44.3 Å². The first-order valence-corrected chi connectivity index (χ1v) is 11.1. The predicted octanol–water partition coefficient (Wildman–Crippen LogP) is 4.57. The smallest absolute Gasteiger partial charge is 0.253 e. The van der Waals surface area contributed by atoms with Crippen LogP contribution in [0.25, 0.3) is 22.0 Å². The Balaban J connectivity index is 1.28. The molecule has 1 fully saturated rings. The number of hydrogen-bond acceptors (Lipinski definition) is 5. The lowest BCUT2D eigenvalue weighted by molar-refractivity contribution is 0.0760. The summed E-state index contributed by atoms with van der Waals surface area (Å²) in [6.07, 6.45) is 14.6. The van der Waals surface area contributed by atoms with Gasteiger partial charge in [0.25, 0.3) is 5.91 Å². The van der Waals surface area contributed by atoms with Crippen LogP contribution < -0.4 is 0 Å². The number of benzene rings is 1. The maximum Gasteiger partial charge on any atom is 0.253 e. The summed E-state index contributed by atoms with van der Waals surface area (Å²) in [6, 6.07) is 12.2. The van der Waals surface area contributed by atoms with Gasteiger partial charge in [-0.3, -0.25) is 14.8 Å². The summed E-state index contributed by atoms with van der Waals surface area (Å²) in [6.45, 7) is 1.57. The minimum absolute atomic E-state index is 0.0699. The van der Waals surface area contributed by atoms with Crippen molar-refractivity contribution in [1.82, 2.24) is 24.8 Å². The highest BCUT2D eigenvalue weighted by Crippen LogP contribution is 2.27. The summed E-state index contributed by atoms with van der Waals surface area (Å²) in [5, 5.41) is 2.47. The molecular weight excluding hydrogens is 398 g/mol. The van der Waals surface area contributed by atoms with Crippen molar-refractivity contribution in [3.63, 3.8) is 0 Å². The van der Waals surface area contributed by atoms with Crippen LogP contribution >= 0.6 is 0 Å². The average molecular weight is 424 g/mol. The summed E-state index contributed by atoms with van der Waals surface area (Å²) in [7, 11) is 0. The van der Waals surface area contributed by atoms with Crippen molar-refractivity contribution in [2.24, 2.45) is 5.92 Å². The molecule has 0 spiro atoms. The van der Waals surface area contributed by atoms with Gasteiger partial charge in [-0.2, -0.15) is 0 Å². The Morgan fingerprint density at radius 2 is 1.88 bits per heavy atom. The Kier molecular flexibility index (Phi) is 5.83. The summed E-state index contributed by atoms with van der Waals surface area (Å²) in [4.78, 5) is 32.0. The molecule has 160 valence electrons. The third kappa shape index (κ3) is 4.35. The molecule has 1 saturated heterocycles. The SMILES string of the molecule is O=C(c1ccnc(-c2cncnc2)c1)N1CCCC(Cc2cccc3ccncc23)CC1. The zero-order valence-electron chi connectivity index (χ0n) is 17.9. The molecule has 0 saturated carbocycles. The van der Waals surface area contributed by atoms with E-state index in [1.165, 1.54) is 22.7 Å². The zero-order valence-corrected chi connectivity index (χ0v) is 17.9. The summed E-state index contributed by atoms with van der Waals surface area (Å²) in [5.74, 6) is 0.633. The van der Waals surface area contributed by atoms with Crippen molar-refractivity contribution in [1.29, 1.82) is 0 Å². The van der Waals surface area contributed by atoms with E-state index >= 15 is 0 Å². The molecule has 6 nitrogen and oxygen atoms in total. The summed E-state index contributed by atoms with van der Waals surface area (Å²) in [5.41, 5.74) is 3.54. The summed E-state index contributed by atoms with van der Waals surface area (Å²) < 4.78 is 0. The molecule has 0 aliphatic carbocycles. The molecule has 3 aromatic heterocycles. The fraction of sp³-hybridized carbons (Fsp3) is 0.269. The normalized spacial score (nSPS) is 16.6. The van der Waals surface area contributed by atoms with Crippen molar-refractivity contribution >= 4 is 16.7 Å². The Morgan fingerprint density at radius 1 is 0.969 bits per heavy atom. The molecule has 6 heteroatoms. The van der Waals surface area contributed by atoms with Crippen molar-refractivity contribution in [3.8, 4) is 11.3 Å². The van der Waals surface area contributed by atoms with Crippen LogP contribution in [0.15, 0.2) is 73.7 Å². The van der Waals surface area contributed by atoms with Gasteiger partial charge in [0.15, 0.2) is 0 Å². The first-order valence-electron chi connectivity index (χ1n) is 11.1. The van der Waals surface area contributed by atoms with Crippen LogP contribution in [0.3, 0.4) is 0 Å². The average Bonchev–Trinajstić information content (AvgIpc) is 3.10. The van der Waals surface area contributed by atoms with Crippen molar-refractivity contribution in [2.75, 3.05) is 13.1 Å². The Hall–Kier alpha value is -3.67. The zero-order chi connectivity index (χ0) is 21.8. The van der Waals surface area contributed by atoms with Crippen LogP contribution in [-0.2, 0) is 6.42 Å². The quantitative estimate of drug-likeness (QED) is 0.481. The van der Waals surface area contributed by atoms with E-state index in [1.54, 1.807) is 24.7 Å². The van der Waals surface area contributed by atoms with Crippen LogP contribution in [0.2, 0.25) is 0 Å². The second kappa shape index (κ2) is 9.22. The molecule has 4 aromatic rings. The molecule has 0 radical (unpaired) electrons. The third-order valence-corrected chi connectivity index (χ3v) is 6.28. The van der Waals surface area contributed by atoms with Gasteiger partial charge in [0.2, 0.25) is 0 Å². The molecule has 0 bridgehead atoms. The van der Waals surface area contributed by atoms with Gasteiger partial charge in [-0.25, -0.2) is 9.97 Å². The van der Waals surface area contributed by atoms with Crippen LogP contribution in [-0.4, -0.2) is 43.8 Å². The summed E-state index contributed by atoms with van der Waals surface area (Å²) >= 11 is 0. The van der Waals surface area contributed by atoms with E-state index < -0.39 is 0 Å². The third-order valence-electron chi connectivity index (χ3n) is 6.28. The maximum atomic E-state index is 13.2. The van der Waals surface area contributed by atoms with Crippen LogP contribution in [0.4, 0.5) is 0 Å². The number of aromatic nitrogens is 4. The molecular formula is C26H25N5O. The molecule has 1 aliphatic heterocycles. The van der Waals surface area contributed by atoms with Gasteiger partial charge in [-0.05, 0) is 60.7 Å². The van der Waals surface area contributed by atoms with Gasteiger partial charge >= 0.3 is 0 Å². The second-order valence-corrected chi connectivity index (χ2v) is 8.36. The molecule has 1 atom stereocenters. The number of nitrogens with zero attached hydrogens (tertiary/aromatic N) is 5. The van der Waals surface area contributed by atoms with E-state index in [2.05, 4.69) is 44.2 Å². The minimum Gasteiger partial charge on any atom is -0.339 e. The van der Waals surface area contributed by atoms with Gasteiger partial charge < -0.3 is 4.90 Å². The molecule has 32 heavy (non-hydrogen) atoms. The number of likely N-dealkylation sites (tertiary alicyclic amines) is 1. The highest BCUT2D eigenvalue weighted by atomic mass is 16.2. The topological polar surface area (TPSA) is 71.9 Å². The molecule has 1 amide bonds. The molecule has 1 aromatic carbocycles. The minimum atomic E-state index is 0.0699. The van der Waals surface area contributed by atoms with E-state index in [1.807, 2.05) is 23.4 Å². The number of amides is 1. The van der Waals surface area contributed by atoms with Gasteiger partial charge in [-0.1, -0.05) is 18.2 Å². The van der Waals surface area contributed by atoms with Crippen molar-refractivity contribution < 1.29 is 4.79 Å². The number of rotatable bonds is 4. The molecule has 5 rings (SSSR count). The van der Waals surface area contributed by atoms with Gasteiger partial charge in [0.05, 0.1) is 5.69 Å². The lowest BCUT2D eigenvalue weighted by atomic mass is 9.91. The van der Waals surface area contributed by atoms with Crippen LogP contribution in [0, 0.1) is 5.92 Å². The highest BCUT2D eigenvalue weighted by molar-refractivity contribution is 5.95. The van der Waals surface area contributed by atoms with Crippen molar-refractivity contribution in [2.45, 2.75) is 25.7 Å². The molecule has 0 N–H and O–H groups in total. The molecule has 1 aliphatic rings. The van der Waals surface area contributed by atoms with Crippen molar-refractivity contribution in [3.05, 3.63) is 84.8 Å². The van der Waals surface area contributed by atoms with Crippen LogP contribution in [0.1, 0.15) is 35.2 Å². The number of carbonyl (C=O) groups is 1. The number of fused-ring (bicyclic) bond motifs is 1. The van der Waals surface area contributed by atoms with E-state index in [9.17, 15) is 4.79 Å². The number of pyridine rings is 2. The molecule has 1 unspecified atom stereocenters. The Bertz CT molecular complexity index is 1220. The second-order valence-electron chi connectivity index (χ2n) is 8.36. The number of hydrogen-bond donors (Lipinski definition) is 0. The standard InChI is InChI=1S/C26H25N5O/c32-26(22-7-10-30-25(14-22)23-15-28-18-29-16-23)31-11-2-3-19(8-12-31)13-21-5-1-4-20-6-9-27-17-24(20)21/h1,4-7,9-10,14-19H,2-3,8,11-13H2. The molecule has 4 heterocycles. The number of carbonyl (C=O) groups excluding carboxylic acids is 1. The fourth-order valence-electron chi connectivity index (χ4n) is 4.57.